The molecule has 0 aliphatic heterocycles. The second kappa shape index (κ2) is 4.55. The van der Waals surface area contributed by atoms with Crippen LogP contribution in [0, 0.1) is 6.92 Å². The maximum absolute atomic E-state index is 11.9. The van der Waals surface area contributed by atoms with Crippen molar-refractivity contribution in [3.05, 3.63) is 29.3 Å². The summed E-state index contributed by atoms with van der Waals surface area (Å²) in [6.45, 7) is 3.07. The summed E-state index contributed by atoms with van der Waals surface area (Å²) in [5.74, 6) is -0.301. The molecule has 1 aromatic rings. The van der Waals surface area contributed by atoms with Crippen molar-refractivity contribution in [2.24, 2.45) is 0 Å². The van der Waals surface area contributed by atoms with Crippen molar-refractivity contribution in [1.82, 2.24) is 0 Å². The van der Waals surface area contributed by atoms with E-state index < -0.39 is 6.36 Å². The van der Waals surface area contributed by atoms with Crippen LogP contribution in [0.1, 0.15) is 18.1 Å². The van der Waals surface area contributed by atoms with E-state index in [0.29, 0.717) is 11.1 Å². The highest BCUT2D eigenvalue weighted by Crippen LogP contribution is 2.24. The third-order valence-electron chi connectivity index (χ3n) is 1.99. The van der Waals surface area contributed by atoms with E-state index in [1.807, 2.05) is 0 Å². The standard InChI is InChI=1S/C11H11F3O2/c1-7-5-10(16-11(12,13)14)4-3-9(7)6-8(2)15/h3-5H,6H2,1-2H3. The van der Waals surface area contributed by atoms with Gasteiger partial charge in [0.05, 0.1) is 0 Å². The number of hydrogen-bond donors (Lipinski definition) is 0. The maximum Gasteiger partial charge on any atom is 0.573 e. The van der Waals surface area contributed by atoms with E-state index >= 15 is 0 Å². The largest absolute Gasteiger partial charge is 0.573 e. The number of hydrogen-bond acceptors (Lipinski definition) is 2. The number of benzene rings is 1. The summed E-state index contributed by atoms with van der Waals surface area (Å²) in [6, 6.07) is 3.95. The highest BCUT2D eigenvalue weighted by atomic mass is 19.4. The Labute approximate surface area is 91.0 Å². The van der Waals surface area contributed by atoms with Crippen LogP contribution in [-0.2, 0) is 11.2 Å². The van der Waals surface area contributed by atoms with Gasteiger partial charge in [-0.1, -0.05) is 6.07 Å². The van der Waals surface area contributed by atoms with Gasteiger partial charge in [-0.15, -0.1) is 13.2 Å². The van der Waals surface area contributed by atoms with Crippen LogP contribution in [-0.4, -0.2) is 12.1 Å². The van der Waals surface area contributed by atoms with E-state index in [4.69, 9.17) is 0 Å². The summed E-state index contributed by atoms with van der Waals surface area (Å²) in [7, 11) is 0. The summed E-state index contributed by atoms with van der Waals surface area (Å²) in [5, 5.41) is 0. The predicted octanol–water partition coefficient (Wildman–Crippen LogP) is 3.03. The minimum Gasteiger partial charge on any atom is -0.406 e. The second-order valence-corrected chi connectivity index (χ2v) is 3.51. The van der Waals surface area contributed by atoms with Crippen molar-refractivity contribution in [2.75, 3.05) is 0 Å². The Morgan fingerprint density at radius 2 is 2.00 bits per heavy atom. The fourth-order valence-corrected chi connectivity index (χ4v) is 1.33. The lowest BCUT2D eigenvalue weighted by Gasteiger charge is -2.11. The van der Waals surface area contributed by atoms with Crippen molar-refractivity contribution in [3.8, 4) is 5.75 Å². The van der Waals surface area contributed by atoms with Crippen LogP contribution in [0.2, 0.25) is 0 Å². The number of carbonyl (C=O) groups is 1. The van der Waals surface area contributed by atoms with Crippen LogP contribution in [0.5, 0.6) is 5.75 Å². The molecule has 0 heterocycles. The van der Waals surface area contributed by atoms with E-state index in [0.717, 1.165) is 0 Å². The molecule has 0 N–H and O–H groups in total. The fourth-order valence-electron chi connectivity index (χ4n) is 1.33. The molecule has 0 fully saturated rings. The molecule has 0 aliphatic carbocycles. The SMILES string of the molecule is CC(=O)Cc1ccc(OC(F)(F)F)cc1C. The smallest absolute Gasteiger partial charge is 0.406 e. The zero-order valence-corrected chi connectivity index (χ0v) is 8.89. The molecule has 0 amide bonds. The molecule has 1 aromatic carbocycles. The Hall–Kier alpha value is -1.52. The first kappa shape index (κ1) is 12.5. The Bertz CT molecular complexity index is 397. The average molecular weight is 232 g/mol. The van der Waals surface area contributed by atoms with E-state index in [1.165, 1.54) is 25.1 Å². The van der Waals surface area contributed by atoms with Crippen LogP contribution in [0.4, 0.5) is 13.2 Å². The van der Waals surface area contributed by atoms with Crippen LogP contribution in [0.25, 0.3) is 0 Å². The Balaban J connectivity index is 2.87. The zero-order valence-electron chi connectivity index (χ0n) is 8.89. The molecule has 0 bridgehead atoms. The van der Waals surface area contributed by atoms with Gasteiger partial charge in [-0.2, -0.15) is 0 Å². The van der Waals surface area contributed by atoms with Crippen molar-refractivity contribution in [1.29, 1.82) is 0 Å². The number of carbonyl (C=O) groups excluding carboxylic acids is 1. The van der Waals surface area contributed by atoms with Crippen LogP contribution in [0.15, 0.2) is 18.2 Å². The molecule has 0 aromatic heterocycles. The summed E-state index contributed by atoms with van der Waals surface area (Å²) >= 11 is 0. The van der Waals surface area contributed by atoms with Crippen LogP contribution in [0.3, 0.4) is 0 Å². The zero-order chi connectivity index (χ0) is 12.3. The summed E-state index contributed by atoms with van der Waals surface area (Å²) < 4.78 is 39.5. The molecule has 16 heavy (non-hydrogen) atoms. The first-order chi connectivity index (χ1) is 7.28. The van der Waals surface area contributed by atoms with E-state index in [2.05, 4.69) is 4.74 Å². The van der Waals surface area contributed by atoms with Gasteiger partial charge in [-0.3, -0.25) is 4.79 Å². The lowest BCUT2D eigenvalue weighted by molar-refractivity contribution is -0.274. The Kier molecular flexibility index (Phi) is 3.57. The topological polar surface area (TPSA) is 26.3 Å². The molecule has 0 unspecified atom stereocenters. The van der Waals surface area contributed by atoms with E-state index in [1.54, 1.807) is 6.92 Å². The highest BCUT2D eigenvalue weighted by Gasteiger charge is 2.31. The van der Waals surface area contributed by atoms with Crippen LogP contribution >= 0.6 is 0 Å². The number of Topliss-reactive ketones (excluding diaryl/α,β-unsaturated/α-hetero) is 1. The van der Waals surface area contributed by atoms with Gasteiger partial charge in [0, 0.05) is 6.42 Å². The molecular formula is C11H11F3O2. The molecular weight excluding hydrogens is 221 g/mol. The molecule has 0 saturated carbocycles. The fraction of sp³-hybridized carbons (Fsp3) is 0.364. The van der Waals surface area contributed by atoms with Gasteiger partial charge >= 0.3 is 6.36 Å². The predicted molar refractivity (Wildman–Crippen MR) is 52.2 cm³/mol. The lowest BCUT2D eigenvalue weighted by atomic mass is 10.0. The first-order valence-corrected chi connectivity index (χ1v) is 4.62. The van der Waals surface area contributed by atoms with Gasteiger partial charge in [0.1, 0.15) is 11.5 Å². The summed E-state index contributed by atoms with van der Waals surface area (Å²) in [4.78, 5) is 10.9. The molecule has 0 aliphatic rings. The van der Waals surface area contributed by atoms with Gasteiger partial charge in [-0.25, -0.2) is 0 Å². The quantitative estimate of drug-likeness (QED) is 0.800. The van der Waals surface area contributed by atoms with Gasteiger partial charge in [-0.05, 0) is 37.1 Å². The van der Waals surface area contributed by atoms with Gasteiger partial charge in [0.15, 0.2) is 0 Å². The van der Waals surface area contributed by atoms with E-state index in [9.17, 15) is 18.0 Å². The monoisotopic (exact) mass is 232 g/mol. The molecule has 1 rings (SSSR count). The highest BCUT2D eigenvalue weighted by molar-refractivity contribution is 5.78. The number of aryl methyl sites for hydroxylation is 1. The van der Waals surface area contributed by atoms with Gasteiger partial charge in [0.25, 0.3) is 0 Å². The molecule has 0 spiro atoms. The normalized spacial score (nSPS) is 11.3. The minimum absolute atomic E-state index is 0.0346. The number of alkyl halides is 3. The van der Waals surface area contributed by atoms with Crippen molar-refractivity contribution in [3.63, 3.8) is 0 Å². The molecule has 0 radical (unpaired) electrons. The average Bonchev–Trinajstić information content (AvgIpc) is 2.06. The lowest BCUT2D eigenvalue weighted by Crippen LogP contribution is -2.17. The molecule has 5 heteroatoms. The van der Waals surface area contributed by atoms with Crippen LogP contribution < -0.4 is 4.74 Å². The Morgan fingerprint density at radius 3 is 2.44 bits per heavy atom. The first-order valence-electron chi connectivity index (χ1n) is 4.62. The molecule has 0 saturated heterocycles. The van der Waals surface area contributed by atoms with Crippen molar-refractivity contribution >= 4 is 5.78 Å². The van der Waals surface area contributed by atoms with Gasteiger partial charge in [0.2, 0.25) is 0 Å². The molecule has 0 atom stereocenters. The van der Waals surface area contributed by atoms with Crippen molar-refractivity contribution in [2.45, 2.75) is 26.6 Å². The second-order valence-electron chi connectivity index (χ2n) is 3.51. The number of ether oxygens (including phenoxy) is 1. The Morgan fingerprint density at radius 1 is 1.38 bits per heavy atom. The molecule has 88 valence electrons. The van der Waals surface area contributed by atoms with Gasteiger partial charge < -0.3 is 4.74 Å². The summed E-state index contributed by atoms with van der Waals surface area (Å²) in [6.07, 6.45) is -4.47. The van der Waals surface area contributed by atoms with E-state index in [-0.39, 0.29) is 18.0 Å². The summed E-state index contributed by atoms with van der Waals surface area (Å²) in [5.41, 5.74) is 1.32. The third-order valence-corrected chi connectivity index (χ3v) is 1.99. The van der Waals surface area contributed by atoms with Crippen molar-refractivity contribution < 1.29 is 22.7 Å². The number of rotatable bonds is 3. The third kappa shape index (κ3) is 3.92. The molecule has 2 nitrogen and oxygen atoms in total. The minimum atomic E-state index is -4.69. The number of halogens is 3. The maximum atomic E-state index is 11.9. The number of ketones is 1.